The van der Waals surface area contributed by atoms with Gasteiger partial charge in [0.05, 0.1) is 0 Å². The van der Waals surface area contributed by atoms with Crippen molar-refractivity contribution in [3.63, 3.8) is 0 Å². The lowest BCUT2D eigenvalue weighted by Crippen LogP contribution is -2.42. The molecule has 1 amide bonds. The summed E-state index contributed by atoms with van der Waals surface area (Å²) in [7, 11) is 0. The standard InChI is InChI=1S/C12H12Cl2N2O3/c1-6-2-3-16(10(6)12(18)19)11(17)7-4-8(13)15-9(14)5-7/h4-6,10H,2-3H2,1H3,(H,18,19). The number of halogens is 2. The zero-order valence-electron chi connectivity index (χ0n) is 10.1. The third-order valence-corrected chi connectivity index (χ3v) is 3.61. The van der Waals surface area contributed by atoms with E-state index in [1.165, 1.54) is 17.0 Å². The van der Waals surface area contributed by atoms with Gasteiger partial charge in [0.25, 0.3) is 5.91 Å². The van der Waals surface area contributed by atoms with Gasteiger partial charge in [0.15, 0.2) is 0 Å². The molecule has 0 aliphatic carbocycles. The molecule has 2 unspecified atom stereocenters. The average Bonchev–Trinajstić information content (AvgIpc) is 2.68. The van der Waals surface area contributed by atoms with E-state index in [2.05, 4.69) is 4.98 Å². The van der Waals surface area contributed by atoms with Crippen molar-refractivity contribution >= 4 is 35.1 Å². The predicted molar refractivity (Wildman–Crippen MR) is 70.5 cm³/mol. The van der Waals surface area contributed by atoms with Crippen molar-refractivity contribution < 1.29 is 14.7 Å². The van der Waals surface area contributed by atoms with Crippen LogP contribution in [-0.4, -0.2) is 39.5 Å². The van der Waals surface area contributed by atoms with Crippen molar-refractivity contribution in [2.24, 2.45) is 5.92 Å². The van der Waals surface area contributed by atoms with Crippen LogP contribution in [0.2, 0.25) is 10.3 Å². The fraction of sp³-hybridized carbons (Fsp3) is 0.417. The van der Waals surface area contributed by atoms with Crippen LogP contribution in [0.25, 0.3) is 0 Å². The van der Waals surface area contributed by atoms with Crippen LogP contribution >= 0.6 is 23.2 Å². The Hall–Kier alpha value is -1.33. The largest absolute Gasteiger partial charge is 0.480 e. The summed E-state index contributed by atoms with van der Waals surface area (Å²) in [5, 5.41) is 9.41. The Balaban J connectivity index is 2.31. The number of likely N-dealkylation sites (tertiary alicyclic amines) is 1. The lowest BCUT2D eigenvalue weighted by atomic mass is 10.0. The van der Waals surface area contributed by atoms with Crippen LogP contribution < -0.4 is 0 Å². The first-order chi connectivity index (χ1) is 8.90. The Labute approximate surface area is 120 Å². The van der Waals surface area contributed by atoms with Gasteiger partial charge in [-0.2, -0.15) is 0 Å². The van der Waals surface area contributed by atoms with Crippen molar-refractivity contribution in [3.8, 4) is 0 Å². The van der Waals surface area contributed by atoms with Gasteiger partial charge in [-0.25, -0.2) is 9.78 Å². The molecule has 1 saturated heterocycles. The lowest BCUT2D eigenvalue weighted by Gasteiger charge is -2.23. The summed E-state index contributed by atoms with van der Waals surface area (Å²) >= 11 is 11.5. The molecule has 1 N–H and O–H groups in total. The molecule has 0 spiro atoms. The zero-order chi connectivity index (χ0) is 14.2. The van der Waals surface area contributed by atoms with E-state index >= 15 is 0 Å². The second-order valence-electron chi connectivity index (χ2n) is 4.55. The number of aliphatic carboxylic acids is 1. The number of rotatable bonds is 2. The third-order valence-electron chi connectivity index (χ3n) is 3.22. The molecule has 5 nitrogen and oxygen atoms in total. The van der Waals surface area contributed by atoms with E-state index in [-0.39, 0.29) is 27.7 Å². The molecule has 102 valence electrons. The number of aromatic nitrogens is 1. The molecule has 0 radical (unpaired) electrons. The molecule has 0 bridgehead atoms. The van der Waals surface area contributed by atoms with E-state index in [9.17, 15) is 14.7 Å². The highest BCUT2D eigenvalue weighted by molar-refractivity contribution is 6.33. The maximum atomic E-state index is 12.3. The smallest absolute Gasteiger partial charge is 0.326 e. The summed E-state index contributed by atoms with van der Waals surface area (Å²) in [6.45, 7) is 2.23. The Bertz CT molecular complexity index is 515. The van der Waals surface area contributed by atoms with Crippen LogP contribution in [-0.2, 0) is 4.79 Å². The molecule has 1 aliphatic rings. The van der Waals surface area contributed by atoms with Gasteiger partial charge in [0.1, 0.15) is 16.3 Å². The molecule has 1 aromatic heterocycles. The minimum absolute atomic E-state index is 0.0748. The number of amides is 1. The monoisotopic (exact) mass is 302 g/mol. The second kappa shape index (κ2) is 5.35. The van der Waals surface area contributed by atoms with E-state index in [1.54, 1.807) is 0 Å². The molecule has 0 saturated carbocycles. The van der Waals surface area contributed by atoms with Gasteiger partial charge < -0.3 is 10.0 Å². The van der Waals surface area contributed by atoms with Gasteiger partial charge >= 0.3 is 5.97 Å². The number of carbonyl (C=O) groups excluding carboxylic acids is 1. The predicted octanol–water partition coefficient (Wildman–Crippen LogP) is 2.32. The first-order valence-electron chi connectivity index (χ1n) is 5.77. The van der Waals surface area contributed by atoms with Crippen LogP contribution in [0.1, 0.15) is 23.7 Å². The minimum atomic E-state index is -0.996. The van der Waals surface area contributed by atoms with E-state index < -0.39 is 12.0 Å². The molecule has 2 atom stereocenters. The van der Waals surface area contributed by atoms with Gasteiger partial charge in [0.2, 0.25) is 0 Å². The zero-order valence-corrected chi connectivity index (χ0v) is 11.6. The average molecular weight is 303 g/mol. The summed E-state index contributed by atoms with van der Waals surface area (Å²) in [5.41, 5.74) is 0.255. The molecule has 0 aromatic carbocycles. The Morgan fingerprint density at radius 3 is 2.47 bits per heavy atom. The molecule has 19 heavy (non-hydrogen) atoms. The normalized spacial score (nSPS) is 22.6. The van der Waals surface area contributed by atoms with E-state index in [1.807, 2.05) is 6.92 Å². The quantitative estimate of drug-likeness (QED) is 0.851. The summed E-state index contributed by atoms with van der Waals surface area (Å²) in [6, 6.07) is 1.97. The van der Waals surface area contributed by atoms with Crippen LogP contribution in [0.3, 0.4) is 0 Å². The molecule has 2 heterocycles. The van der Waals surface area contributed by atoms with Crippen molar-refractivity contribution in [1.29, 1.82) is 0 Å². The molecule has 1 fully saturated rings. The van der Waals surface area contributed by atoms with Crippen molar-refractivity contribution in [1.82, 2.24) is 9.88 Å². The molecule has 1 aromatic rings. The molecular weight excluding hydrogens is 291 g/mol. The van der Waals surface area contributed by atoms with Crippen molar-refractivity contribution in [2.75, 3.05) is 6.54 Å². The van der Waals surface area contributed by atoms with Gasteiger partial charge in [0, 0.05) is 12.1 Å². The molecular formula is C12H12Cl2N2O3. The SMILES string of the molecule is CC1CCN(C(=O)c2cc(Cl)nc(Cl)c2)C1C(=O)O. The number of nitrogens with zero attached hydrogens (tertiary/aromatic N) is 2. The number of pyridine rings is 1. The van der Waals surface area contributed by atoms with Crippen LogP contribution in [0.4, 0.5) is 0 Å². The Morgan fingerprint density at radius 2 is 1.95 bits per heavy atom. The molecule has 1 aliphatic heterocycles. The summed E-state index contributed by atoms with van der Waals surface area (Å²) in [4.78, 5) is 28.7. The van der Waals surface area contributed by atoms with E-state index in [0.29, 0.717) is 13.0 Å². The van der Waals surface area contributed by atoms with Gasteiger partial charge in [-0.05, 0) is 24.5 Å². The van der Waals surface area contributed by atoms with Crippen LogP contribution in [0, 0.1) is 5.92 Å². The minimum Gasteiger partial charge on any atom is -0.480 e. The number of carbonyl (C=O) groups is 2. The summed E-state index contributed by atoms with van der Waals surface area (Å²) in [5.74, 6) is -1.46. The van der Waals surface area contributed by atoms with Crippen LogP contribution in [0.5, 0.6) is 0 Å². The number of hydrogen-bond donors (Lipinski definition) is 1. The molecule has 7 heteroatoms. The number of hydrogen-bond acceptors (Lipinski definition) is 3. The highest BCUT2D eigenvalue weighted by atomic mass is 35.5. The van der Waals surface area contributed by atoms with Crippen molar-refractivity contribution in [3.05, 3.63) is 28.0 Å². The topological polar surface area (TPSA) is 70.5 Å². The van der Waals surface area contributed by atoms with Crippen molar-refractivity contribution in [2.45, 2.75) is 19.4 Å². The number of carboxylic acids is 1. The molecule has 2 rings (SSSR count). The first-order valence-corrected chi connectivity index (χ1v) is 6.52. The van der Waals surface area contributed by atoms with Gasteiger partial charge in [-0.1, -0.05) is 30.1 Å². The highest BCUT2D eigenvalue weighted by Crippen LogP contribution is 2.27. The lowest BCUT2D eigenvalue weighted by molar-refractivity contribution is -0.142. The maximum Gasteiger partial charge on any atom is 0.326 e. The third kappa shape index (κ3) is 2.82. The fourth-order valence-electron chi connectivity index (χ4n) is 2.31. The number of carboxylic acid groups (broad SMARTS) is 1. The summed E-state index contributed by atoms with van der Waals surface area (Å²) in [6.07, 6.45) is 0.662. The second-order valence-corrected chi connectivity index (χ2v) is 5.32. The van der Waals surface area contributed by atoms with Crippen LogP contribution in [0.15, 0.2) is 12.1 Å². The maximum absolute atomic E-state index is 12.3. The fourth-order valence-corrected chi connectivity index (χ4v) is 2.77. The Morgan fingerprint density at radius 1 is 1.37 bits per heavy atom. The van der Waals surface area contributed by atoms with Gasteiger partial charge in [-0.15, -0.1) is 0 Å². The summed E-state index contributed by atoms with van der Waals surface area (Å²) < 4.78 is 0. The van der Waals surface area contributed by atoms with E-state index in [4.69, 9.17) is 23.2 Å². The Kier molecular flexibility index (Phi) is 3.96. The van der Waals surface area contributed by atoms with Gasteiger partial charge in [-0.3, -0.25) is 4.79 Å². The van der Waals surface area contributed by atoms with E-state index in [0.717, 1.165) is 0 Å². The highest BCUT2D eigenvalue weighted by Gasteiger charge is 2.39. The first kappa shape index (κ1) is 14.1.